The Bertz CT molecular complexity index is 637. The van der Waals surface area contributed by atoms with Crippen LogP contribution in [0.1, 0.15) is 41.5 Å². The number of carboxylic acid groups (broad SMARTS) is 1. The molecule has 0 bridgehead atoms. The molecule has 2 rings (SSSR count). The fraction of sp³-hybridized carbons (Fsp3) is 0.357. The summed E-state index contributed by atoms with van der Waals surface area (Å²) >= 11 is 6.11. The van der Waals surface area contributed by atoms with Crippen molar-refractivity contribution in [1.82, 2.24) is 15.0 Å². The summed E-state index contributed by atoms with van der Waals surface area (Å²) in [5.74, 6) is -1.06. The Morgan fingerprint density at radius 3 is 2.80 bits per heavy atom. The molecule has 0 aliphatic carbocycles. The second kappa shape index (κ2) is 6.05. The smallest absolute Gasteiger partial charge is 0.358 e. The van der Waals surface area contributed by atoms with Crippen molar-refractivity contribution in [3.05, 3.63) is 40.2 Å². The summed E-state index contributed by atoms with van der Waals surface area (Å²) in [6.07, 6.45) is 2.47. The summed E-state index contributed by atoms with van der Waals surface area (Å²) in [7, 11) is 0. The Morgan fingerprint density at radius 2 is 2.20 bits per heavy atom. The molecular formula is C14H16ClN3O2. The largest absolute Gasteiger partial charge is 0.476 e. The fourth-order valence-corrected chi connectivity index (χ4v) is 2.13. The van der Waals surface area contributed by atoms with E-state index in [9.17, 15) is 9.90 Å². The van der Waals surface area contributed by atoms with Crippen molar-refractivity contribution in [2.24, 2.45) is 0 Å². The summed E-state index contributed by atoms with van der Waals surface area (Å²) in [4.78, 5) is 11.2. The number of aromatic carboxylic acids is 1. The van der Waals surface area contributed by atoms with Crippen LogP contribution in [-0.4, -0.2) is 26.1 Å². The van der Waals surface area contributed by atoms with E-state index in [1.807, 2.05) is 19.1 Å². The number of aryl methyl sites for hydroxylation is 1. The summed E-state index contributed by atoms with van der Waals surface area (Å²) in [6, 6.07) is 5.51. The monoisotopic (exact) mass is 293 g/mol. The highest BCUT2D eigenvalue weighted by molar-refractivity contribution is 6.31. The molecule has 6 heteroatoms. The highest BCUT2D eigenvalue weighted by Gasteiger charge is 2.19. The van der Waals surface area contributed by atoms with Crippen LogP contribution in [0, 0.1) is 6.92 Å². The quantitative estimate of drug-likeness (QED) is 0.918. The molecule has 0 aliphatic heterocycles. The zero-order valence-corrected chi connectivity index (χ0v) is 12.2. The Balaban J connectivity index is 2.49. The lowest BCUT2D eigenvalue weighted by Crippen LogP contribution is -2.07. The Kier molecular flexibility index (Phi) is 4.39. The molecule has 0 saturated heterocycles. The molecule has 0 atom stereocenters. The summed E-state index contributed by atoms with van der Waals surface area (Å²) in [6.45, 7) is 3.96. The average Bonchev–Trinajstić information content (AvgIpc) is 2.83. The molecule has 2 aromatic rings. The third-order valence-electron chi connectivity index (χ3n) is 3.13. The van der Waals surface area contributed by atoms with Crippen LogP contribution < -0.4 is 0 Å². The van der Waals surface area contributed by atoms with Gasteiger partial charge in [-0.2, -0.15) is 0 Å². The third kappa shape index (κ3) is 2.82. The van der Waals surface area contributed by atoms with Gasteiger partial charge in [0.05, 0.1) is 11.4 Å². The van der Waals surface area contributed by atoms with E-state index in [4.69, 9.17) is 11.6 Å². The number of benzene rings is 1. The maximum atomic E-state index is 11.2. The minimum absolute atomic E-state index is 0.00940. The van der Waals surface area contributed by atoms with Gasteiger partial charge in [-0.3, -0.25) is 0 Å². The number of halogens is 1. The normalized spacial score (nSPS) is 10.8. The SMILES string of the molecule is CCCCc1c(C(=O)O)nnn1-c1ccc(C)c(Cl)c1. The lowest BCUT2D eigenvalue weighted by atomic mass is 10.1. The number of nitrogens with zero attached hydrogens (tertiary/aromatic N) is 3. The maximum Gasteiger partial charge on any atom is 0.358 e. The maximum absolute atomic E-state index is 11.2. The van der Waals surface area contributed by atoms with E-state index < -0.39 is 5.97 Å². The highest BCUT2D eigenvalue weighted by atomic mass is 35.5. The van der Waals surface area contributed by atoms with Crippen LogP contribution in [0.25, 0.3) is 5.69 Å². The number of aromatic nitrogens is 3. The lowest BCUT2D eigenvalue weighted by molar-refractivity contribution is 0.0689. The predicted octanol–water partition coefficient (Wildman–Crippen LogP) is 3.27. The molecule has 0 aliphatic rings. The van der Waals surface area contributed by atoms with Crippen LogP contribution in [0.3, 0.4) is 0 Å². The topological polar surface area (TPSA) is 68.0 Å². The van der Waals surface area contributed by atoms with E-state index in [-0.39, 0.29) is 5.69 Å². The fourth-order valence-electron chi connectivity index (χ4n) is 1.96. The first-order chi connectivity index (χ1) is 9.54. The standard InChI is InChI=1S/C14H16ClN3O2/c1-3-4-5-12-13(14(19)20)16-17-18(12)10-7-6-9(2)11(15)8-10/h6-8H,3-5H2,1-2H3,(H,19,20). The summed E-state index contributed by atoms with van der Waals surface area (Å²) < 4.78 is 1.56. The van der Waals surface area contributed by atoms with Crippen molar-refractivity contribution < 1.29 is 9.90 Å². The first-order valence-corrected chi connectivity index (χ1v) is 6.86. The van der Waals surface area contributed by atoms with Crippen LogP contribution in [0.2, 0.25) is 5.02 Å². The summed E-state index contributed by atoms with van der Waals surface area (Å²) in [5, 5.41) is 17.5. The van der Waals surface area contributed by atoms with Gasteiger partial charge in [0.15, 0.2) is 5.69 Å². The molecule has 1 heterocycles. The van der Waals surface area contributed by atoms with E-state index in [1.54, 1.807) is 10.7 Å². The van der Waals surface area contributed by atoms with Crippen molar-refractivity contribution in [1.29, 1.82) is 0 Å². The van der Waals surface area contributed by atoms with Gasteiger partial charge in [-0.05, 0) is 37.5 Å². The number of rotatable bonds is 5. The van der Waals surface area contributed by atoms with Crippen molar-refractivity contribution >= 4 is 17.6 Å². The Labute approximate surface area is 122 Å². The zero-order valence-electron chi connectivity index (χ0n) is 11.4. The minimum atomic E-state index is -1.06. The van der Waals surface area contributed by atoms with Crippen molar-refractivity contribution in [2.75, 3.05) is 0 Å². The van der Waals surface area contributed by atoms with Gasteiger partial charge in [0.25, 0.3) is 0 Å². The van der Waals surface area contributed by atoms with Crippen LogP contribution in [0.5, 0.6) is 0 Å². The molecule has 0 fully saturated rings. The third-order valence-corrected chi connectivity index (χ3v) is 3.54. The number of hydrogen-bond acceptors (Lipinski definition) is 3. The van der Waals surface area contributed by atoms with E-state index >= 15 is 0 Å². The van der Waals surface area contributed by atoms with E-state index in [0.29, 0.717) is 17.1 Å². The molecule has 0 spiro atoms. The molecule has 0 unspecified atom stereocenters. The molecule has 1 aromatic heterocycles. The molecule has 0 radical (unpaired) electrons. The van der Waals surface area contributed by atoms with Crippen LogP contribution in [0.4, 0.5) is 0 Å². The van der Waals surface area contributed by atoms with E-state index in [0.717, 1.165) is 24.1 Å². The first-order valence-electron chi connectivity index (χ1n) is 6.49. The van der Waals surface area contributed by atoms with E-state index in [1.165, 1.54) is 0 Å². The second-order valence-corrected chi connectivity index (χ2v) is 5.05. The van der Waals surface area contributed by atoms with Crippen molar-refractivity contribution in [3.63, 3.8) is 0 Å². The van der Waals surface area contributed by atoms with Crippen LogP contribution in [-0.2, 0) is 6.42 Å². The average molecular weight is 294 g/mol. The van der Waals surface area contributed by atoms with Crippen LogP contribution in [0.15, 0.2) is 18.2 Å². The lowest BCUT2D eigenvalue weighted by Gasteiger charge is -2.08. The molecule has 20 heavy (non-hydrogen) atoms. The summed E-state index contributed by atoms with van der Waals surface area (Å²) in [5.41, 5.74) is 2.31. The van der Waals surface area contributed by atoms with Gasteiger partial charge in [0.1, 0.15) is 0 Å². The predicted molar refractivity (Wildman–Crippen MR) is 76.7 cm³/mol. The van der Waals surface area contributed by atoms with Crippen LogP contribution >= 0.6 is 11.6 Å². The van der Waals surface area contributed by atoms with Gasteiger partial charge in [-0.1, -0.05) is 36.2 Å². The van der Waals surface area contributed by atoms with Gasteiger partial charge in [-0.25, -0.2) is 9.48 Å². The van der Waals surface area contributed by atoms with Gasteiger partial charge < -0.3 is 5.11 Å². The van der Waals surface area contributed by atoms with Crippen molar-refractivity contribution in [3.8, 4) is 5.69 Å². The van der Waals surface area contributed by atoms with Gasteiger partial charge in [0, 0.05) is 5.02 Å². The molecule has 1 aromatic carbocycles. The van der Waals surface area contributed by atoms with Gasteiger partial charge in [-0.15, -0.1) is 5.10 Å². The minimum Gasteiger partial charge on any atom is -0.476 e. The van der Waals surface area contributed by atoms with Gasteiger partial charge in [0.2, 0.25) is 0 Å². The van der Waals surface area contributed by atoms with Crippen molar-refractivity contribution in [2.45, 2.75) is 33.1 Å². The number of carboxylic acids is 1. The second-order valence-electron chi connectivity index (χ2n) is 4.64. The molecule has 5 nitrogen and oxygen atoms in total. The molecule has 1 N–H and O–H groups in total. The molecular weight excluding hydrogens is 278 g/mol. The number of carbonyl (C=O) groups is 1. The zero-order chi connectivity index (χ0) is 14.7. The molecule has 106 valence electrons. The first kappa shape index (κ1) is 14.5. The Morgan fingerprint density at radius 1 is 1.45 bits per heavy atom. The Hall–Kier alpha value is -1.88. The highest BCUT2D eigenvalue weighted by Crippen LogP contribution is 2.21. The van der Waals surface area contributed by atoms with Gasteiger partial charge >= 0.3 is 5.97 Å². The number of hydrogen-bond donors (Lipinski definition) is 1. The number of unbranched alkanes of at least 4 members (excludes halogenated alkanes) is 1. The molecule has 0 saturated carbocycles. The van der Waals surface area contributed by atoms with E-state index in [2.05, 4.69) is 17.2 Å². The molecule has 0 amide bonds.